The van der Waals surface area contributed by atoms with Crippen LogP contribution >= 0.6 is 0 Å². The minimum Gasteiger partial charge on any atom is -0.355 e. The zero-order valence-electron chi connectivity index (χ0n) is 17.7. The standard InChI is InChI=1S/C27H26N2O2/c1-18-7-6-8-19(17-18)13-15-28-26(30)24-22-11-4-5-12-23(22)27(31)29-16-14-20-9-2-3-10-21(20)25(24)29/h2-12,17,24-25H,13-16H2,1H3,(H,28,30). The number of amides is 2. The van der Waals surface area contributed by atoms with Gasteiger partial charge in [0.15, 0.2) is 0 Å². The Morgan fingerprint density at radius 3 is 2.61 bits per heavy atom. The predicted octanol–water partition coefficient (Wildman–Crippen LogP) is 4.19. The van der Waals surface area contributed by atoms with Crippen LogP contribution < -0.4 is 5.32 Å². The van der Waals surface area contributed by atoms with E-state index in [2.05, 4.69) is 42.6 Å². The highest BCUT2D eigenvalue weighted by atomic mass is 16.2. The van der Waals surface area contributed by atoms with Gasteiger partial charge in [-0.05, 0) is 48.1 Å². The fraction of sp³-hybridized carbons (Fsp3) is 0.259. The molecule has 0 aliphatic carbocycles. The third-order valence-electron chi connectivity index (χ3n) is 6.51. The molecule has 1 N–H and O–H groups in total. The Morgan fingerprint density at radius 2 is 1.77 bits per heavy atom. The van der Waals surface area contributed by atoms with Crippen LogP contribution in [0.2, 0.25) is 0 Å². The summed E-state index contributed by atoms with van der Waals surface area (Å²) in [4.78, 5) is 28.7. The van der Waals surface area contributed by atoms with Crippen molar-refractivity contribution in [3.05, 3.63) is 106 Å². The molecule has 3 aromatic rings. The third kappa shape index (κ3) is 3.52. The van der Waals surface area contributed by atoms with E-state index in [1.807, 2.05) is 47.4 Å². The first-order valence-electron chi connectivity index (χ1n) is 10.9. The average molecular weight is 411 g/mol. The molecule has 0 saturated carbocycles. The van der Waals surface area contributed by atoms with Gasteiger partial charge in [0.05, 0.1) is 12.0 Å². The molecule has 31 heavy (non-hydrogen) atoms. The Balaban J connectivity index is 1.46. The van der Waals surface area contributed by atoms with Crippen molar-refractivity contribution in [2.45, 2.75) is 31.7 Å². The largest absolute Gasteiger partial charge is 0.355 e. The smallest absolute Gasteiger partial charge is 0.254 e. The second kappa shape index (κ2) is 8.03. The Hall–Kier alpha value is -3.40. The fourth-order valence-electron chi connectivity index (χ4n) is 5.07. The van der Waals surface area contributed by atoms with Gasteiger partial charge in [0, 0.05) is 18.7 Å². The van der Waals surface area contributed by atoms with E-state index in [0.717, 1.165) is 24.0 Å². The number of hydrogen-bond acceptors (Lipinski definition) is 2. The van der Waals surface area contributed by atoms with Gasteiger partial charge < -0.3 is 10.2 Å². The van der Waals surface area contributed by atoms with Gasteiger partial charge in [-0.25, -0.2) is 0 Å². The molecule has 2 unspecified atom stereocenters. The van der Waals surface area contributed by atoms with Crippen LogP contribution in [0.25, 0.3) is 0 Å². The molecule has 0 spiro atoms. The molecular weight excluding hydrogens is 384 g/mol. The lowest BCUT2D eigenvalue weighted by Crippen LogP contribution is -2.50. The molecule has 5 rings (SSSR count). The van der Waals surface area contributed by atoms with Gasteiger partial charge in [-0.1, -0.05) is 72.3 Å². The fourth-order valence-corrected chi connectivity index (χ4v) is 5.07. The maximum absolute atomic E-state index is 13.5. The molecule has 2 aliphatic heterocycles. The van der Waals surface area contributed by atoms with E-state index in [4.69, 9.17) is 0 Å². The molecular formula is C27H26N2O2. The van der Waals surface area contributed by atoms with Crippen LogP contribution in [0.1, 0.15) is 50.1 Å². The van der Waals surface area contributed by atoms with Crippen LogP contribution in [0.4, 0.5) is 0 Å². The molecule has 4 heteroatoms. The van der Waals surface area contributed by atoms with Gasteiger partial charge in [0.1, 0.15) is 0 Å². The summed E-state index contributed by atoms with van der Waals surface area (Å²) in [6, 6.07) is 23.9. The van der Waals surface area contributed by atoms with E-state index in [1.54, 1.807) is 0 Å². The summed E-state index contributed by atoms with van der Waals surface area (Å²) < 4.78 is 0. The number of hydrogen-bond donors (Lipinski definition) is 1. The first-order valence-corrected chi connectivity index (χ1v) is 10.9. The molecule has 2 aliphatic rings. The summed E-state index contributed by atoms with van der Waals surface area (Å²) in [5.41, 5.74) is 6.24. The molecule has 3 aromatic carbocycles. The van der Waals surface area contributed by atoms with Gasteiger partial charge >= 0.3 is 0 Å². The maximum atomic E-state index is 13.5. The van der Waals surface area contributed by atoms with Crippen LogP contribution in [-0.2, 0) is 17.6 Å². The summed E-state index contributed by atoms with van der Waals surface area (Å²) in [6.45, 7) is 3.29. The number of fused-ring (bicyclic) bond motifs is 4. The van der Waals surface area contributed by atoms with E-state index < -0.39 is 5.92 Å². The minimum atomic E-state index is -0.409. The van der Waals surface area contributed by atoms with Crippen molar-refractivity contribution in [2.75, 3.05) is 13.1 Å². The van der Waals surface area contributed by atoms with E-state index >= 15 is 0 Å². The molecule has 4 nitrogen and oxygen atoms in total. The van der Waals surface area contributed by atoms with Gasteiger partial charge in [-0.3, -0.25) is 9.59 Å². The quantitative estimate of drug-likeness (QED) is 0.701. The molecule has 156 valence electrons. The lowest BCUT2D eigenvalue weighted by Gasteiger charge is -2.45. The van der Waals surface area contributed by atoms with Crippen molar-refractivity contribution in [3.63, 3.8) is 0 Å². The Labute approximate surface area is 182 Å². The number of nitrogens with one attached hydrogen (secondary N) is 1. The van der Waals surface area contributed by atoms with E-state index in [1.165, 1.54) is 16.7 Å². The summed E-state index contributed by atoms with van der Waals surface area (Å²) in [5, 5.41) is 3.16. The van der Waals surface area contributed by atoms with Crippen LogP contribution in [0.3, 0.4) is 0 Å². The molecule has 0 aromatic heterocycles. The van der Waals surface area contributed by atoms with Crippen LogP contribution in [0, 0.1) is 6.92 Å². The Kier molecular flexibility index (Phi) is 5.06. The van der Waals surface area contributed by atoms with Crippen molar-refractivity contribution >= 4 is 11.8 Å². The zero-order valence-corrected chi connectivity index (χ0v) is 17.7. The lowest BCUT2D eigenvalue weighted by atomic mass is 9.76. The van der Waals surface area contributed by atoms with Gasteiger partial charge in [-0.2, -0.15) is 0 Å². The molecule has 2 amide bonds. The highest BCUT2D eigenvalue weighted by Gasteiger charge is 2.45. The second-order valence-corrected chi connectivity index (χ2v) is 8.49. The summed E-state index contributed by atoms with van der Waals surface area (Å²) in [7, 11) is 0. The van der Waals surface area contributed by atoms with Crippen molar-refractivity contribution in [1.29, 1.82) is 0 Å². The summed E-state index contributed by atoms with van der Waals surface area (Å²) >= 11 is 0. The molecule has 0 radical (unpaired) electrons. The first-order chi connectivity index (χ1) is 15.1. The number of nitrogens with zero attached hydrogens (tertiary/aromatic N) is 1. The van der Waals surface area contributed by atoms with Crippen molar-refractivity contribution in [2.24, 2.45) is 0 Å². The Bertz CT molecular complexity index is 1150. The van der Waals surface area contributed by atoms with Crippen molar-refractivity contribution in [3.8, 4) is 0 Å². The molecule has 0 saturated heterocycles. The lowest BCUT2D eigenvalue weighted by molar-refractivity contribution is -0.124. The van der Waals surface area contributed by atoms with Crippen molar-refractivity contribution in [1.82, 2.24) is 10.2 Å². The second-order valence-electron chi connectivity index (χ2n) is 8.49. The Morgan fingerprint density at radius 1 is 1.00 bits per heavy atom. The van der Waals surface area contributed by atoms with E-state index in [-0.39, 0.29) is 17.9 Å². The number of aryl methyl sites for hydroxylation is 1. The normalized spacial score (nSPS) is 19.3. The topological polar surface area (TPSA) is 49.4 Å². The van der Waals surface area contributed by atoms with Gasteiger partial charge in [0.2, 0.25) is 5.91 Å². The summed E-state index contributed by atoms with van der Waals surface area (Å²) in [6.07, 6.45) is 1.61. The van der Waals surface area contributed by atoms with E-state index in [9.17, 15) is 9.59 Å². The number of carbonyl (C=O) groups excluding carboxylic acids is 2. The first kappa shape index (κ1) is 19.6. The zero-order chi connectivity index (χ0) is 21.4. The van der Waals surface area contributed by atoms with Crippen LogP contribution in [-0.4, -0.2) is 29.8 Å². The van der Waals surface area contributed by atoms with Crippen LogP contribution in [0.5, 0.6) is 0 Å². The molecule has 2 atom stereocenters. The minimum absolute atomic E-state index is 0.0145. The van der Waals surface area contributed by atoms with Gasteiger partial charge in [-0.15, -0.1) is 0 Å². The SMILES string of the molecule is Cc1cccc(CCNC(=O)C2c3ccccc3C(=O)N3CCc4ccccc4C23)c1. The highest BCUT2D eigenvalue weighted by molar-refractivity contribution is 6.01. The molecule has 0 bridgehead atoms. The number of benzene rings is 3. The number of carbonyl (C=O) groups is 2. The summed E-state index contributed by atoms with van der Waals surface area (Å²) in [5.74, 6) is -0.397. The van der Waals surface area contributed by atoms with E-state index in [0.29, 0.717) is 18.7 Å². The van der Waals surface area contributed by atoms with Crippen molar-refractivity contribution < 1.29 is 9.59 Å². The predicted molar refractivity (Wildman–Crippen MR) is 121 cm³/mol. The molecule has 2 heterocycles. The highest BCUT2D eigenvalue weighted by Crippen LogP contribution is 2.45. The monoisotopic (exact) mass is 410 g/mol. The molecule has 0 fully saturated rings. The maximum Gasteiger partial charge on any atom is 0.254 e. The third-order valence-corrected chi connectivity index (χ3v) is 6.51. The van der Waals surface area contributed by atoms with Gasteiger partial charge in [0.25, 0.3) is 5.91 Å². The van der Waals surface area contributed by atoms with Crippen LogP contribution in [0.15, 0.2) is 72.8 Å². The number of rotatable bonds is 4. The average Bonchev–Trinajstić information content (AvgIpc) is 2.79.